The molecule has 0 N–H and O–H groups in total. The number of phosphoric ester groups is 1. The van der Waals surface area contributed by atoms with Crippen LogP contribution in [0.4, 0.5) is 0 Å². The summed E-state index contributed by atoms with van der Waals surface area (Å²) in [5.41, 5.74) is 0. The number of rotatable bonds is 5. The first-order valence-corrected chi connectivity index (χ1v) is 4.68. The van der Waals surface area contributed by atoms with Gasteiger partial charge in [-0.2, -0.15) is 0 Å². The molecule has 0 spiro atoms. The Kier molecular flexibility index (Phi) is 4.97. The molecule has 64 valence electrons. The zero-order valence-corrected chi connectivity index (χ0v) is 7.47. The Labute approximate surface area is 66.5 Å². The molecule has 0 heterocycles. The van der Waals surface area contributed by atoms with Gasteiger partial charge in [0, 0.05) is 0 Å². The zero-order valence-electron chi connectivity index (χ0n) is 6.57. The first-order chi connectivity index (χ1) is 5.18. The van der Waals surface area contributed by atoms with E-state index in [-0.39, 0.29) is 13.2 Å². The molecule has 0 aliphatic carbocycles. The molecule has 0 aromatic carbocycles. The molecule has 0 aromatic rings. The van der Waals surface area contributed by atoms with Crippen LogP contribution in [0, 0.1) is 12.5 Å². The molecule has 5 heteroatoms. The van der Waals surface area contributed by atoms with Crippen LogP contribution in [0.25, 0.3) is 0 Å². The normalized spacial score (nSPS) is 10.6. The molecule has 0 radical (unpaired) electrons. The minimum absolute atomic E-state index is 0.235. The fraction of sp³-hybridized carbons (Fsp3) is 0.667. The highest BCUT2D eigenvalue weighted by Gasteiger charge is 2.25. The molecule has 0 aliphatic rings. The van der Waals surface area contributed by atoms with Crippen molar-refractivity contribution in [2.45, 2.75) is 13.8 Å². The SMILES string of the molecule is C#COP(=O)(OCC)OCC. The van der Waals surface area contributed by atoms with Crippen molar-refractivity contribution in [2.24, 2.45) is 0 Å². The highest BCUT2D eigenvalue weighted by molar-refractivity contribution is 7.48. The van der Waals surface area contributed by atoms with E-state index in [9.17, 15) is 4.57 Å². The van der Waals surface area contributed by atoms with Gasteiger partial charge in [0.15, 0.2) is 0 Å². The van der Waals surface area contributed by atoms with Gasteiger partial charge in [0.2, 0.25) is 0 Å². The number of terminal acetylenes is 1. The topological polar surface area (TPSA) is 44.8 Å². The average molecular weight is 178 g/mol. The largest absolute Gasteiger partial charge is 0.538 e. The van der Waals surface area contributed by atoms with Crippen molar-refractivity contribution < 1.29 is 18.1 Å². The van der Waals surface area contributed by atoms with E-state index in [0.29, 0.717) is 0 Å². The molecular formula is C6H11O4P. The highest BCUT2D eigenvalue weighted by atomic mass is 31.2. The molecule has 0 aromatic heterocycles. The van der Waals surface area contributed by atoms with Crippen LogP contribution >= 0.6 is 7.82 Å². The van der Waals surface area contributed by atoms with Crippen LogP contribution in [-0.2, 0) is 18.1 Å². The van der Waals surface area contributed by atoms with Crippen molar-refractivity contribution >= 4 is 7.82 Å². The Hall–Kier alpha value is -0.490. The maximum atomic E-state index is 11.2. The second kappa shape index (κ2) is 5.20. The van der Waals surface area contributed by atoms with Crippen molar-refractivity contribution in [3.63, 3.8) is 0 Å². The lowest BCUT2D eigenvalue weighted by Gasteiger charge is -2.11. The van der Waals surface area contributed by atoms with Crippen LogP contribution in [0.15, 0.2) is 0 Å². The first-order valence-electron chi connectivity index (χ1n) is 3.21. The van der Waals surface area contributed by atoms with Crippen molar-refractivity contribution in [2.75, 3.05) is 13.2 Å². The Bertz CT molecular complexity index is 174. The average Bonchev–Trinajstić information content (AvgIpc) is 1.88. The van der Waals surface area contributed by atoms with Gasteiger partial charge in [-0.25, -0.2) is 4.57 Å². The van der Waals surface area contributed by atoms with Gasteiger partial charge in [-0.05, 0) is 13.8 Å². The molecule has 0 saturated heterocycles. The molecule has 0 unspecified atom stereocenters. The minimum atomic E-state index is -3.46. The van der Waals surface area contributed by atoms with Crippen LogP contribution in [0.1, 0.15) is 13.8 Å². The first kappa shape index (κ1) is 10.5. The third-order valence-electron chi connectivity index (χ3n) is 0.739. The van der Waals surface area contributed by atoms with Crippen molar-refractivity contribution in [3.05, 3.63) is 0 Å². The van der Waals surface area contributed by atoms with E-state index in [0.717, 1.165) is 0 Å². The number of hydrogen-bond acceptors (Lipinski definition) is 4. The second-order valence-corrected chi connectivity index (χ2v) is 3.09. The summed E-state index contributed by atoms with van der Waals surface area (Å²) in [4.78, 5) is 0. The minimum Gasteiger partial charge on any atom is -0.350 e. The molecule has 0 amide bonds. The Morgan fingerprint density at radius 1 is 1.36 bits per heavy atom. The highest BCUT2D eigenvalue weighted by Crippen LogP contribution is 2.48. The van der Waals surface area contributed by atoms with Crippen LogP contribution < -0.4 is 0 Å². The lowest BCUT2D eigenvalue weighted by molar-refractivity contribution is 0.159. The van der Waals surface area contributed by atoms with E-state index < -0.39 is 7.82 Å². The van der Waals surface area contributed by atoms with Gasteiger partial charge < -0.3 is 4.52 Å². The van der Waals surface area contributed by atoms with Gasteiger partial charge in [-0.3, -0.25) is 9.05 Å². The zero-order chi connectivity index (χ0) is 8.74. The van der Waals surface area contributed by atoms with Gasteiger partial charge in [-0.15, -0.1) is 0 Å². The summed E-state index contributed by atoms with van der Waals surface area (Å²) in [7, 11) is -3.46. The van der Waals surface area contributed by atoms with E-state index in [1.807, 2.05) is 0 Å². The van der Waals surface area contributed by atoms with Crippen LogP contribution in [0.2, 0.25) is 0 Å². The van der Waals surface area contributed by atoms with Gasteiger partial charge in [0.25, 0.3) is 0 Å². The lowest BCUT2D eigenvalue weighted by atomic mass is 10.9. The summed E-state index contributed by atoms with van der Waals surface area (Å²) < 4.78 is 24.9. The summed E-state index contributed by atoms with van der Waals surface area (Å²) in [5, 5.41) is 0. The van der Waals surface area contributed by atoms with E-state index in [2.05, 4.69) is 13.6 Å². The second-order valence-electron chi connectivity index (χ2n) is 1.49. The molecule has 11 heavy (non-hydrogen) atoms. The molecule has 4 nitrogen and oxygen atoms in total. The summed E-state index contributed by atoms with van der Waals surface area (Å²) in [6.07, 6.45) is 6.54. The maximum absolute atomic E-state index is 11.2. The van der Waals surface area contributed by atoms with Gasteiger partial charge in [0.05, 0.1) is 13.2 Å². The van der Waals surface area contributed by atoms with Crippen LogP contribution in [0.3, 0.4) is 0 Å². The summed E-state index contributed by atoms with van der Waals surface area (Å²) in [5.74, 6) is 0. The molecule has 0 rings (SSSR count). The standard InChI is InChI=1S/C6H11O4P/c1-4-8-11(7,9-5-2)10-6-3/h1H,5-6H2,2-3H3. The smallest absolute Gasteiger partial charge is 0.350 e. The van der Waals surface area contributed by atoms with E-state index >= 15 is 0 Å². The van der Waals surface area contributed by atoms with Crippen LogP contribution in [0.5, 0.6) is 0 Å². The predicted octanol–water partition coefficient (Wildman–Crippen LogP) is 1.77. The number of hydrogen-bond donors (Lipinski definition) is 0. The fourth-order valence-corrected chi connectivity index (χ4v) is 1.41. The van der Waals surface area contributed by atoms with Crippen molar-refractivity contribution in [1.29, 1.82) is 0 Å². The van der Waals surface area contributed by atoms with Crippen LogP contribution in [-0.4, -0.2) is 13.2 Å². The molecule has 0 aliphatic heterocycles. The Morgan fingerprint density at radius 2 is 1.82 bits per heavy atom. The monoisotopic (exact) mass is 178 g/mol. The summed E-state index contributed by atoms with van der Waals surface area (Å²) in [6, 6.07) is 0. The molecule has 0 fully saturated rings. The summed E-state index contributed by atoms with van der Waals surface area (Å²) in [6.45, 7) is 3.81. The molecule has 0 atom stereocenters. The third kappa shape index (κ3) is 4.05. The Balaban J connectivity index is 4.04. The van der Waals surface area contributed by atoms with Gasteiger partial charge in [-0.1, -0.05) is 6.42 Å². The number of phosphoric acid groups is 1. The predicted molar refractivity (Wildman–Crippen MR) is 40.8 cm³/mol. The maximum Gasteiger partial charge on any atom is 0.538 e. The van der Waals surface area contributed by atoms with Crippen molar-refractivity contribution in [3.8, 4) is 12.5 Å². The molecule has 0 bridgehead atoms. The molecular weight excluding hydrogens is 167 g/mol. The van der Waals surface area contributed by atoms with Gasteiger partial charge in [0.1, 0.15) is 6.11 Å². The Morgan fingerprint density at radius 3 is 2.09 bits per heavy atom. The van der Waals surface area contributed by atoms with E-state index in [1.54, 1.807) is 20.0 Å². The van der Waals surface area contributed by atoms with Crippen molar-refractivity contribution in [1.82, 2.24) is 0 Å². The lowest BCUT2D eigenvalue weighted by Crippen LogP contribution is -1.96. The fourth-order valence-electron chi connectivity index (χ4n) is 0.471. The summed E-state index contributed by atoms with van der Waals surface area (Å²) >= 11 is 0. The molecule has 0 saturated carbocycles. The van der Waals surface area contributed by atoms with Gasteiger partial charge >= 0.3 is 7.82 Å². The van der Waals surface area contributed by atoms with E-state index in [1.165, 1.54) is 0 Å². The third-order valence-corrected chi connectivity index (χ3v) is 2.22. The van der Waals surface area contributed by atoms with E-state index in [4.69, 9.17) is 6.42 Å². The quantitative estimate of drug-likeness (QED) is 0.475.